The zero-order valence-electron chi connectivity index (χ0n) is 13.5. The van der Waals surface area contributed by atoms with E-state index in [-0.39, 0.29) is 5.78 Å². The lowest BCUT2D eigenvalue weighted by Gasteiger charge is -2.04. The summed E-state index contributed by atoms with van der Waals surface area (Å²) in [5.74, 6) is -0.0139. The Hall–Kier alpha value is -3.46. The Morgan fingerprint density at radius 2 is 1.64 bits per heavy atom. The first kappa shape index (κ1) is 15.1. The van der Waals surface area contributed by atoms with E-state index in [0.717, 1.165) is 22.2 Å². The van der Waals surface area contributed by atoms with Gasteiger partial charge in [-0.15, -0.1) is 0 Å². The highest BCUT2D eigenvalue weighted by atomic mass is 16.1. The number of carbonyl (C=O) groups is 1. The third-order valence-electron chi connectivity index (χ3n) is 4.15. The molecule has 0 N–H and O–H groups in total. The van der Waals surface area contributed by atoms with Crippen molar-refractivity contribution in [1.82, 2.24) is 9.55 Å². The van der Waals surface area contributed by atoms with Gasteiger partial charge in [-0.05, 0) is 60.2 Å². The maximum atomic E-state index is 12.4. The van der Waals surface area contributed by atoms with E-state index in [1.807, 2.05) is 89.8 Å². The van der Waals surface area contributed by atoms with Gasteiger partial charge in [-0.1, -0.05) is 24.3 Å². The highest BCUT2D eigenvalue weighted by molar-refractivity contribution is 6.07. The molecular formula is C22H16N2O. The second kappa shape index (κ2) is 6.57. The minimum absolute atomic E-state index is 0.0139. The number of ketones is 1. The van der Waals surface area contributed by atoms with E-state index < -0.39 is 0 Å². The topological polar surface area (TPSA) is 34.9 Å². The first-order chi connectivity index (χ1) is 12.3. The van der Waals surface area contributed by atoms with Gasteiger partial charge in [-0.3, -0.25) is 9.78 Å². The second-order valence-corrected chi connectivity index (χ2v) is 5.75. The van der Waals surface area contributed by atoms with Gasteiger partial charge in [0.05, 0.1) is 5.52 Å². The summed E-state index contributed by atoms with van der Waals surface area (Å²) in [4.78, 5) is 16.8. The smallest absolute Gasteiger partial charge is 0.185 e. The number of allylic oxidation sites excluding steroid dienone is 1. The summed E-state index contributed by atoms with van der Waals surface area (Å²) in [5, 5.41) is 1.04. The summed E-state index contributed by atoms with van der Waals surface area (Å²) in [6, 6.07) is 21.4. The summed E-state index contributed by atoms with van der Waals surface area (Å²) >= 11 is 0. The summed E-state index contributed by atoms with van der Waals surface area (Å²) in [6.45, 7) is 0. The monoisotopic (exact) mass is 324 g/mol. The number of nitrogens with zero attached hydrogens (tertiary/aromatic N) is 2. The van der Waals surface area contributed by atoms with Crippen molar-refractivity contribution in [2.45, 2.75) is 0 Å². The third-order valence-corrected chi connectivity index (χ3v) is 4.15. The van der Waals surface area contributed by atoms with Gasteiger partial charge in [0.25, 0.3) is 0 Å². The molecule has 0 fully saturated rings. The zero-order valence-corrected chi connectivity index (χ0v) is 13.5. The number of para-hydroxylation sites is 1. The van der Waals surface area contributed by atoms with Gasteiger partial charge in [-0.25, -0.2) is 0 Å². The van der Waals surface area contributed by atoms with E-state index in [1.165, 1.54) is 0 Å². The Bertz CT molecular complexity index is 1040. The molecule has 2 heterocycles. The van der Waals surface area contributed by atoms with Gasteiger partial charge in [0.1, 0.15) is 0 Å². The molecule has 3 nitrogen and oxygen atoms in total. The molecule has 0 spiro atoms. The Balaban J connectivity index is 1.58. The van der Waals surface area contributed by atoms with Crippen molar-refractivity contribution in [3.05, 3.63) is 103 Å². The molecule has 0 bridgehead atoms. The van der Waals surface area contributed by atoms with Crippen LogP contribution < -0.4 is 0 Å². The fraction of sp³-hybridized carbons (Fsp3) is 0. The van der Waals surface area contributed by atoms with E-state index in [2.05, 4.69) is 4.98 Å². The van der Waals surface area contributed by atoms with Crippen LogP contribution in [0.4, 0.5) is 0 Å². The standard InChI is InChI=1S/C22H16N2O/c25-22(18-7-10-19(11-8-18)24-15-3-4-16-24)12-9-17-13-14-23-21-6-2-1-5-20(17)21/h1-16H/b12-9+. The van der Waals surface area contributed by atoms with Gasteiger partial charge in [0.2, 0.25) is 0 Å². The summed E-state index contributed by atoms with van der Waals surface area (Å²) in [6.07, 6.45) is 9.19. The van der Waals surface area contributed by atoms with Crippen molar-refractivity contribution in [2.24, 2.45) is 0 Å². The van der Waals surface area contributed by atoms with Gasteiger partial charge in [0, 0.05) is 35.2 Å². The van der Waals surface area contributed by atoms with E-state index in [4.69, 9.17) is 0 Å². The molecule has 3 heteroatoms. The van der Waals surface area contributed by atoms with Crippen LogP contribution in [0.25, 0.3) is 22.7 Å². The van der Waals surface area contributed by atoms with Crippen LogP contribution in [0, 0.1) is 0 Å². The number of hydrogen-bond acceptors (Lipinski definition) is 2. The predicted octanol–water partition coefficient (Wildman–Crippen LogP) is 4.92. The molecule has 2 aromatic carbocycles. The molecule has 0 saturated heterocycles. The van der Waals surface area contributed by atoms with Crippen LogP contribution >= 0.6 is 0 Å². The Labute approximate surface area is 145 Å². The Kier molecular flexibility index (Phi) is 3.97. The van der Waals surface area contributed by atoms with E-state index >= 15 is 0 Å². The first-order valence-electron chi connectivity index (χ1n) is 8.11. The number of fused-ring (bicyclic) bond motifs is 1. The highest BCUT2D eigenvalue weighted by Gasteiger charge is 2.04. The van der Waals surface area contributed by atoms with Crippen LogP contribution in [0.2, 0.25) is 0 Å². The third kappa shape index (κ3) is 3.12. The maximum Gasteiger partial charge on any atom is 0.185 e. The van der Waals surface area contributed by atoms with Crippen LogP contribution in [0.5, 0.6) is 0 Å². The quantitative estimate of drug-likeness (QED) is 0.394. The summed E-state index contributed by atoms with van der Waals surface area (Å²) in [5.41, 5.74) is 3.62. The number of carbonyl (C=O) groups excluding carboxylic acids is 1. The van der Waals surface area contributed by atoms with Crippen LogP contribution in [0.3, 0.4) is 0 Å². The van der Waals surface area contributed by atoms with Crippen LogP contribution in [-0.2, 0) is 0 Å². The van der Waals surface area contributed by atoms with Crippen LogP contribution in [-0.4, -0.2) is 15.3 Å². The van der Waals surface area contributed by atoms with Gasteiger partial charge in [0.15, 0.2) is 5.78 Å². The molecule has 25 heavy (non-hydrogen) atoms. The molecular weight excluding hydrogens is 308 g/mol. The van der Waals surface area contributed by atoms with Crippen LogP contribution in [0.15, 0.2) is 91.4 Å². The first-order valence-corrected chi connectivity index (χ1v) is 8.11. The molecule has 0 atom stereocenters. The molecule has 0 aliphatic carbocycles. The van der Waals surface area contributed by atoms with E-state index in [0.29, 0.717) is 5.56 Å². The molecule has 0 amide bonds. The van der Waals surface area contributed by atoms with Crippen molar-refractivity contribution in [3.8, 4) is 5.69 Å². The van der Waals surface area contributed by atoms with Gasteiger partial charge >= 0.3 is 0 Å². The predicted molar refractivity (Wildman–Crippen MR) is 101 cm³/mol. The molecule has 4 aromatic rings. The fourth-order valence-electron chi connectivity index (χ4n) is 2.83. The Morgan fingerprint density at radius 3 is 2.44 bits per heavy atom. The van der Waals surface area contributed by atoms with E-state index in [9.17, 15) is 4.79 Å². The average molecular weight is 324 g/mol. The van der Waals surface area contributed by atoms with Crippen LogP contribution in [0.1, 0.15) is 15.9 Å². The highest BCUT2D eigenvalue weighted by Crippen LogP contribution is 2.18. The molecule has 2 aromatic heterocycles. The molecule has 0 radical (unpaired) electrons. The summed E-state index contributed by atoms with van der Waals surface area (Å²) < 4.78 is 2.01. The normalized spacial score (nSPS) is 11.2. The molecule has 0 aliphatic heterocycles. The van der Waals surface area contributed by atoms with Crippen molar-refractivity contribution in [1.29, 1.82) is 0 Å². The lowest BCUT2D eigenvalue weighted by atomic mass is 10.1. The maximum absolute atomic E-state index is 12.4. The fourth-order valence-corrected chi connectivity index (χ4v) is 2.83. The molecule has 0 saturated carbocycles. The molecule has 4 rings (SSSR count). The van der Waals surface area contributed by atoms with Gasteiger partial charge < -0.3 is 4.57 Å². The Morgan fingerprint density at radius 1 is 0.880 bits per heavy atom. The molecule has 120 valence electrons. The van der Waals surface area contributed by atoms with Crippen molar-refractivity contribution >= 4 is 22.8 Å². The lowest BCUT2D eigenvalue weighted by molar-refractivity contribution is 0.104. The molecule has 0 unspecified atom stereocenters. The summed E-state index contributed by atoms with van der Waals surface area (Å²) in [7, 11) is 0. The minimum Gasteiger partial charge on any atom is -0.324 e. The van der Waals surface area contributed by atoms with Crippen molar-refractivity contribution < 1.29 is 4.79 Å². The molecule has 0 aliphatic rings. The second-order valence-electron chi connectivity index (χ2n) is 5.75. The number of pyridine rings is 1. The minimum atomic E-state index is -0.0139. The largest absolute Gasteiger partial charge is 0.324 e. The van der Waals surface area contributed by atoms with Crippen molar-refractivity contribution in [2.75, 3.05) is 0 Å². The number of rotatable bonds is 4. The SMILES string of the molecule is O=C(/C=C/c1ccnc2ccccc12)c1ccc(-n2cccc2)cc1. The van der Waals surface area contributed by atoms with E-state index in [1.54, 1.807) is 12.3 Å². The number of benzene rings is 2. The lowest BCUT2D eigenvalue weighted by Crippen LogP contribution is -1.96. The van der Waals surface area contributed by atoms with Gasteiger partial charge in [-0.2, -0.15) is 0 Å². The number of aromatic nitrogens is 2. The zero-order chi connectivity index (χ0) is 17.1. The van der Waals surface area contributed by atoms with Crippen molar-refractivity contribution in [3.63, 3.8) is 0 Å². The number of hydrogen-bond donors (Lipinski definition) is 0. The average Bonchev–Trinajstić information content (AvgIpc) is 3.21.